The number of nitrogens with two attached hydrogens (primary N) is 1. The fourth-order valence-electron chi connectivity index (χ4n) is 1.47. The first-order chi connectivity index (χ1) is 7.35. The minimum atomic E-state index is -4.53. The van der Waals surface area contributed by atoms with Gasteiger partial charge in [0.25, 0.3) is 0 Å². The maximum absolute atomic E-state index is 11.7. The van der Waals surface area contributed by atoms with E-state index < -0.39 is 13.7 Å². The summed E-state index contributed by atoms with van der Waals surface area (Å²) in [7, 11) is -4.53. The van der Waals surface area contributed by atoms with E-state index in [4.69, 9.17) is 15.5 Å². The molecule has 0 amide bonds. The first-order valence-electron chi connectivity index (χ1n) is 4.74. The molecule has 0 aromatic rings. The Morgan fingerprint density at radius 3 is 2.75 bits per heavy atom. The van der Waals surface area contributed by atoms with E-state index in [2.05, 4.69) is 9.84 Å². The van der Waals surface area contributed by atoms with Crippen molar-refractivity contribution in [2.75, 3.05) is 13.2 Å². The van der Waals surface area contributed by atoms with Crippen molar-refractivity contribution in [3.63, 3.8) is 0 Å². The lowest BCUT2D eigenvalue weighted by atomic mass is 9.89. The summed E-state index contributed by atoms with van der Waals surface area (Å²) in [4.78, 5) is 28.8. The van der Waals surface area contributed by atoms with Gasteiger partial charge in [-0.2, -0.15) is 0 Å². The molecule has 0 spiro atoms. The van der Waals surface area contributed by atoms with Crippen molar-refractivity contribution >= 4 is 13.6 Å². The van der Waals surface area contributed by atoms with Crippen LogP contribution in [0, 0.1) is 5.92 Å². The minimum absolute atomic E-state index is 0.0984. The van der Waals surface area contributed by atoms with E-state index in [9.17, 15) is 9.36 Å². The van der Waals surface area contributed by atoms with Crippen molar-refractivity contribution in [2.24, 2.45) is 11.7 Å². The van der Waals surface area contributed by atoms with Crippen LogP contribution in [0.3, 0.4) is 0 Å². The molecular weight excluding hydrogens is 235 g/mol. The number of Topliss-reactive ketones (excluding diaryl/α,β-unsaturated/α-hetero) is 1. The van der Waals surface area contributed by atoms with Gasteiger partial charge in [0.15, 0.2) is 5.78 Å². The monoisotopic (exact) mass is 250 g/mol. The number of hydrogen-bond donors (Lipinski definition) is 4. The first kappa shape index (κ1) is 13.3. The van der Waals surface area contributed by atoms with Gasteiger partial charge >= 0.3 is 7.82 Å². The van der Waals surface area contributed by atoms with Gasteiger partial charge < -0.3 is 20.8 Å². The Kier molecular flexibility index (Phi) is 4.23. The molecule has 0 radical (unpaired) electrons. The molecule has 92 valence electrons. The molecule has 2 unspecified atom stereocenters. The van der Waals surface area contributed by atoms with Gasteiger partial charge in [-0.3, -0.25) is 9.32 Å². The second kappa shape index (κ2) is 5.07. The fraction of sp³-hybridized carbons (Fsp3) is 0.625. The van der Waals surface area contributed by atoms with Crippen molar-refractivity contribution in [2.45, 2.75) is 13.0 Å². The lowest BCUT2D eigenvalue weighted by Crippen LogP contribution is -2.44. The third-order valence-electron chi connectivity index (χ3n) is 2.37. The smallest absolute Gasteiger partial charge is 0.381 e. The molecule has 0 aromatic heterocycles. The first-order valence-corrected chi connectivity index (χ1v) is 6.27. The van der Waals surface area contributed by atoms with Gasteiger partial charge in [0, 0.05) is 6.54 Å². The molecule has 0 aliphatic carbocycles. The summed E-state index contributed by atoms with van der Waals surface area (Å²) >= 11 is 0. The summed E-state index contributed by atoms with van der Waals surface area (Å²) in [5.74, 6) is -0.642. The lowest BCUT2D eigenvalue weighted by molar-refractivity contribution is -0.123. The zero-order chi connectivity index (χ0) is 12.3. The molecule has 0 saturated carbocycles. The highest BCUT2D eigenvalue weighted by Crippen LogP contribution is 2.37. The molecule has 0 aromatic carbocycles. The van der Waals surface area contributed by atoms with Gasteiger partial charge in [0.1, 0.15) is 0 Å². The van der Waals surface area contributed by atoms with Gasteiger partial charge in [-0.1, -0.05) is 0 Å². The summed E-state index contributed by atoms with van der Waals surface area (Å²) in [6.45, 7) is 1.49. The van der Waals surface area contributed by atoms with Crippen LogP contribution in [0.25, 0.3) is 0 Å². The summed E-state index contributed by atoms with van der Waals surface area (Å²) in [6, 6.07) is -0.340. The van der Waals surface area contributed by atoms with Crippen LogP contribution in [-0.4, -0.2) is 34.8 Å². The van der Waals surface area contributed by atoms with Crippen LogP contribution in [0.1, 0.15) is 6.92 Å². The Labute approximate surface area is 92.9 Å². The summed E-state index contributed by atoms with van der Waals surface area (Å²) in [5.41, 5.74) is 5.90. The molecule has 5 N–H and O–H groups in total. The third kappa shape index (κ3) is 3.40. The number of carbonyl (C=O) groups is 1. The highest BCUT2D eigenvalue weighted by Gasteiger charge is 2.30. The van der Waals surface area contributed by atoms with Crippen molar-refractivity contribution in [1.29, 1.82) is 0 Å². The van der Waals surface area contributed by atoms with Crippen molar-refractivity contribution in [3.05, 3.63) is 11.8 Å². The Bertz CT molecular complexity index is 350. The Morgan fingerprint density at radius 1 is 1.62 bits per heavy atom. The number of carbonyl (C=O) groups excluding carboxylic acids is 1. The second-order valence-corrected chi connectivity index (χ2v) is 4.80. The molecule has 0 bridgehead atoms. The van der Waals surface area contributed by atoms with E-state index in [-0.39, 0.29) is 25.0 Å². The molecule has 2 atom stereocenters. The number of hydrogen-bond acceptors (Lipinski definition) is 5. The molecular formula is C8H15N2O5P. The average molecular weight is 250 g/mol. The summed E-state index contributed by atoms with van der Waals surface area (Å²) < 4.78 is 14.9. The highest BCUT2D eigenvalue weighted by atomic mass is 31.2. The van der Waals surface area contributed by atoms with Crippen molar-refractivity contribution in [1.82, 2.24) is 5.32 Å². The standard InChI is InChI=1S/C8H15N2O5P/c1-5-8(11)7(2-9)6(3-10-5)4-15-16(12,13)14/h3,5,7,10H,2,4,9H2,1H3,(H2,12,13,14). The number of rotatable bonds is 4. The normalized spacial score (nSPS) is 26.2. The maximum Gasteiger partial charge on any atom is 0.469 e. The molecule has 0 saturated heterocycles. The second-order valence-electron chi connectivity index (χ2n) is 3.56. The molecule has 1 aliphatic heterocycles. The number of nitrogens with one attached hydrogen (secondary N) is 1. The van der Waals surface area contributed by atoms with Crippen molar-refractivity contribution < 1.29 is 23.7 Å². The minimum Gasteiger partial charge on any atom is -0.381 e. The Hall–Kier alpha value is -0.720. The Morgan fingerprint density at radius 2 is 2.25 bits per heavy atom. The topological polar surface area (TPSA) is 122 Å². The fourth-order valence-corrected chi connectivity index (χ4v) is 1.78. The average Bonchev–Trinajstić information content (AvgIpc) is 2.18. The zero-order valence-electron chi connectivity index (χ0n) is 8.79. The van der Waals surface area contributed by atoms with Gasteiger partial charge in [-0.25, -0.2) is 4.57 Å². The van der Waals surface area contributed by atoms with Crippen LogP contribution in [0.15, 0.2) is 11.8 Å². The number of phosphoric ester groups is 1. The predicted octanol–water partition coefficient (Wildman–Crippen LogP) is -0.885. The van der Waals surface area contributed by atoms with Crippen LogP contribution < -0.4 is 11.1 Å². The third-order valence-corrected chi connectivity index (χ3v) is 2.84. The zero-order valence-corrected chi connectivity index (χ0v) is 9.68. The molecule has 1 aliphatic rings. The molecule has 1 rings (SSSR count). The quantitative estimate of drug-likeness (QED) is 0.477. The van der Waals surface area contributed by atoms with Crippen LogP contribution in [0.4, 0.5) is 0 Å². The van der Waals surface area contributed by atoms with E-state index >= 15 is 0 Å². The molecule has 16 heavy (non-hydrogen) atoms. The van der Waals surface area contributed by atoms with E-state index in [0.717, 1.165) is 0 Å². The van der Waals surface area contributed by atoms with E-state index in [1.807, 2.05) is 0 Å². The maximum atomic E-state index is 11.7. The van der Waals surface area contributed by atoms with Crippen LogP contribution >= 0.6 is 7.82 Å². The molecule has 0 fully saturated rings. The van der Waals surface area contributed by atoms with Gasteiger partial charge in [0.05, 0.1) is 18.6 Å². The highest BCUT2D eigenvalue weighted by molar-refractivity contribution is 7.46. The molecule has 1 heterocycles. The largest absolute Gasteiger partial charge is 0.469 e. The van der Waals surface area contributed by atoms with Crippen molar-refractivity contribution in [3.8, 4) is 0 Å². The van der Waals surface area contributed by atoms with Crippen LogP contribution in [0.2, 0.25) is 0 Å². The summed E-state index contributed by atoms with van der Waals surface area (Å²) in [5, 5.41) is 2.78. The predicted molar refractivity (Wildman–Crippen MR) is 56.2 cm³/mol. The van der Waals surface area contributed by atoms with E-state index in [0.29, 0.717) is 5.57 Å². The molecule has 7 nitrogen and oxygen atoms in total. The van der Waals surface area contributed by atoms with Gasteiger partial charge in [-0.15, -0.1) is 0 Å². The van der Waals surface area contributed by atoms with E-state index in [1.54, 1.807) is 6.92 Å². The van der Waals surface area contributed by atoms with Crippen LogP contribution in [0.5, 0.6) is 0 Å². The lowest BCUT2D eigenvalue weighted by Gasteiger charge is -2.27. The number of phosphoric acid groups is 1. The summed E-state index contributed by atoms with van der Waals surface area (Å²) in [6.07, 6.45) is 1.53. The van der Waals surface area contributed by atoms with Gasteiger partial charge in [0.2, 0.25) is 0 Å². The number of ketones is 1. The van der Waals surface area contributed by atoms with E-state index in [1.165, 1.54) is 6.20 Å². The SMILES string of the molecule is CC1NC=C(COP(=O)(O)O)C(CN)C1=O. The van der Waals surface area contributed by atoms with Gasteiger partial charge in [-0.05, 0) is 18.7 Å². The van der Waals surface area contributed by atoms with Crippen LogP contribution in [-0.2, 0) is 13.9 Å². The Balaban J connectivity index is 2.71. The molecule has 8 heteroatoms.